The number of aromatic nitrogens is 2. The molecule has 2 N–H and O–H groups in total. The van der Waals surface area contributed by atoms with Crippen LogP contribution in [0.3, 0.4) is 0 Å². The zero-order valence-electron chi connectivity index (χ0n) is 18.8. The standard InChI is InChI=1S/C23H31N7O2.2H2/c1-3-24-23(32)27-20-15-18(8-9-25-20)16-28-11-13-29(14-12-28)19-6-7-21(26-17(19)2)30-10-4-5-22(30)31;;/h6-9,15H,3-5,10-14,16H2,1-2H3,(H2,24,25,27,32);2*1H. The minimum absolute atomic E-state index is 0. The van der Waals surface area contributed by atoms with Crippen LogP contribution in [0.2, 0.25) is 0 Å². The highest BCUT2D eigenvalue weighted by atomic mass is 16.2. The average molecular weight is 442 g/mol. The number of hydrogen-bond acceptors (Lipinski definition) is 6. The highest BCUT2D eigenvalue weighted by Crippen LogP contribution is 2.26. The van der Waals surface area contributed by atoms with Crippen molar-refractivity contribution in [2.24, 2.45) is 0 Å². The largest absolute Gasteiger partial charge is 0.368 e. The molecule has 9 heteroatoms. The number of rotatable bonds is 6. The van der Waals surface area contributed by atoms with Gasteiger partial charge in [-0.3, -0.25) is 19.9 Å². The number of anilines is 3. The van der Waals surface area contributed by atoms with Gasteiger partial charge < -0.3 is 10.2 Å². The lowest BCUT2D eigenvalue weighted by molar-refractivity contribution is -0.117. The number of nitrogens with zero attached hydrogens (tertiary/aromatic N) is 5. The molecule has 0 atom stereocenters. The maximum atomic E-state index is 12.0. The lowest BCUT2D eigenvalue weighted by atomic mass is 10.2. The van der Waals surface area contributed by atoms with Crippen molar-refractivity contribution in [2.75, 3.05) is 54.4 Å². The van der Waals surface area contributed by atoms with E-state index >= 15 is 0 Å². The second kappa shape index (κ2) is 9.95. The van der Waals surface area contributed by atoms with Gasteiger partial charge in [-0.05, 0) is 50.1 Å². The zero-order valence-corrected chi connectivity index (χ0v) is 18.8. The molecule has 4 rings (SSSR count). The lowest BCUT2D eigenvalue weighted by Crippen LogP contribution is -2.46. The molecule has 32 heavy (non-hydrogen) atoms. The van der Waals surface area contributed by atoms with E-state index in [0.717, 1.165) is 68.5 Å². The third kappa shape index (κ3) is 5.16. The molecular formula is C23H35N7O2. The van der Waals surface area contributed by atoms with Crippen LogP contribution in [0.5, 0.6) is 0 Å². The average Bonchev–Trinajstić information content (AvgIpc) is 3.21. The van der Waals surface area contributed by atoms with Gasteiger partial charge in [-0.1, -0.05) is 0 Å². The van der Waals surface area contributed by atoms with Crippen LogP contribution in [-0.2, 0) is 11.3 Å². The quantitative estimate of drug-likeness (QED) is 0.716. The van der Waals surface area contributed by atoms with Crippen molar-refractivity contribution in [3.63, 3.8) is 0 Å². The van der Waals surface area contributed by atoms with Crippen molar-refractivity contribution >= 4 is 29.3 Å². The van der Waals surface area contributed by atoms with Crippen molar-refractivity contribution in [1.82, 2.24) is 20.2 Å². The van der Waals surface area contributed by atoms with Gasteiger partial charge in [0.2, 0.25) is 5.91 Å². The Bertz CT molecular complexity index is 984. The van der Waals surface area contributed by atoms with E-state index in [9.17, 15) is 9.59 Å². The molecule has 2 fully saturated rings. The SMILES string of the molecule is CCNC(=O)Nc1cc(CN2CCN(c3ccc(N4CCCC4=O)nc3C)CC2)ccn1.[HH].[HH]. The van der Waals surface area contributed by atoms with E-state index in [1.807, 2.05) is 32.0 Å². The molecule has 0 radical (unpaired) electrons. The van der Waals surface area contributed by atoms with E-state index in [2.05, 4.69) is 31.5 Å². The number of carbonyl (C=O) groups is 2. The maximum Gasteiger partial charge on any atom is 0.320 e. The lowest BCUT2D eigenvalue weighted by Gasteiger charge is -2.36. The Morgan fingerprint density at radius 2 is 1.97 bits per heavy atom. The van der Waals surface area contributed by atoms with Crippen LogP contribution >= 0.6 is 0 Å². The molecule has 0 unspecified atom stereocenters. The molecule has 4 heterocycles. The van der Waals surface area contributed by atoms with Gasteiger partial charge in [-0.25, -0.2) is 14.8 Å². The van der Waals surface area contributed by atoms with Crippen LogP contribution in [0.1, 0.15) is 33.9 Å². The van der Waals surface area contributed by atoms with Crippen LogP contribution in [-0.4, -0.2) is 66.1 Å². The molecule has 0 bridgehead atoms. The van der Waals surface area contributed by atoms with Crippen LogP contribution in [0.15, 0.2) is 30.5 Å². The van der Waals surface area contributed by atoms with Crippen LogP contribution in [0, 0.1) is 6.92 Å². The number of pyridine rings is 2. The molecule has 2 saturated heterocycles. The van der Waals surface area contributed by atoms with Gasteiger partial charge in [-0.15, -0.1) is 0 Å². The van der Waals surface area contributed by atoms with Crippen molar-refractivity contribution < 1.29 is 12.4 Å². The Morgan fingerprint density at radius 1 is 1.16 bits per heavy atom. The van der Waals surface area contributed by atoms with Gasteiger partial charge in [0.15, 0.2) is 0 Å². The molecule has 2 aromatic heterocycles. The highest BCUT2D eigenvalue weighted by Gasteiger charge is 2.24. The molecule has 0 saturated carbocycles. The molecule has 2 aromatic rings. The Kier molecular flexibility index (Phi) is 6.84. The summed E-state index contributed by atoms with van der Waals surface area (Å²) in [5.41, 5.74) is 3.22. The normalized spacial score (nSPS) is 17.0. The second-order valence-corrected chi connectivity index (χ2v) is 8.22. The molecular weight excluding hydrogens is 406 g/mol. The third-order valence-corrected chi connectivity index (χ3v) is 5.92. The summed E-state index contributed by atoms with van der Waals surface area (Å²) in [5.74, 6) is 1.49. The fraction of sp³-hybridized carbons (Fsp3) is 0.478. The summed E-state index contributed by atoms with van der Waals surface area (Å²) >= 11 is 0. The highest BCUT2D eigenvalue weighted by molar-refractivity contribution is 5.94. The molecule has 2 aliphatic rings. The molecule has 3 amide bonds. The third-order valence-electron chi connectivity index (χ3n) is 5.92. The number of urea groups is 1. The molecule has 174 valence electrons. The first-order chi connectivity index (χ1) is 15.5. The van der Waals surface area contributed by atoms with Crippen LogP contribution in [0.25, 0.3) is 0 Å². The van der Waals surface area contributed by atoms with Crippen molar-refractivity contribution in [1.29, 1.82) is 0 Å². The summed E-state index contributed by atoms with van der Waals surface area (Å²) in [6, 6.07) is 7.74. The van der Waals surface area contributed by atoms with Gasteiger partial charge in [-0.2, -0.15) is 0 Å². The second-order valence-electron chi connectivity index (χ2n) is 8.22. The number of hydrogen-bond donors (Lipinski definition) is 2. The van der Waals surface area contributed by atoms with Gasteiger partial charge in [0, 0.05) is 61.3 Å². The topological polar surface area (TPSA) is 93.7 Å². The molecule has 0 aromatic carbocycles. The number of piperazine rings is 1. The van der Waals surface area contributed by atoms with Crippen LogP contribution < -0.4 is 20.4 Å². The number of carbonyl (C=O) groups excluding carboxylic acids is 2. The Labute approximate surface area is 191 Å². The van der Waals surface area contributed by atoms with Crippen LogP contribution in [0.4, 0.5) is 22.1 Å². The molecule has 0 spiro atoms. The predicted octanol–water partition coefficient (Wildman–Crippen LogP) is 2.87. The molecule has 2 aliphatic heterocycles. The predicted molar refractivity (Wildman–Crippen MR) is 129 cm³/mol. The Morgan fingerprint density at radius 3 is 2.66 bits per heavy atom. The first-order valence-electron chi connectivity index (χ1n) is 11.3. The fourth-order valence-electron chi connectivity index (χ4n) is 4.28. The minimum Gasteiger partial charge on any atom is -0.368 e. The summed E-state index contributed by atoms with van der Waals surface area (Å²) in [6.45, 7) is 9.76. The number of aryl methyl sites for hydroxylation is 1. The van der Waals surface area contributed by atoms with E-state index in [0.29, 0.717) is 18.8 Å². The summed E-state index contributed by atoms with van der Waals surface area (Å²) in [6.07, 6.45) is 3.25. The van der Waals surface area contributed by atoms with Gasteiger partial charge in [0.1, 0.15) is 11.6 Å². The summed E-state index contributed by atoms with van der Waals surface area (Å²) in [4.78, 5) is 39.2. The number of nitrogens with one attached hydrogen (secondary N) is 2. The first kappa shape index (κ1) is 22.0. The Balaban J connectivity index is 0.00000204. The van der Waals surface area contributed by atoms with Gasteiger partial charge in [0.05, 0.1) is 11.4 Å². The smallest absolute Gasteiger partial charge is 0.320 e. The fourth-order valence-corrected chi connectivity index (χ4v) is 4.28. The van der Waals surface area contributed by atoms with E-state index < -0.39 is 0 Å². The van der Waals surface area contributed by atoms with Crippen molar-refractivity contribution in [3.8, 4) is 0 Å². The van der Waals surface area contributed by atoms with Gasteiger partial charge >= 0.3 is 6.03 Å². The van der Waals surface area contributed by atoms with Crippen molar-refractivity contribution in [2.45, 2.75) is 33.2 Å². The Hall–Kier alpha value is -3.20. The van der Waals surface area contributed by atoms with E-state index in [-0.39, 0.29) is 14.8 Å². The summed E-state index contributed by atoms with van der Waals surface area (Å²) < 4.78 is 0. The maximum absolute atomic E-state index is 12.0. The zero-order chi connectivity index (χ0) is 22.5. The molecule has 9 nitrogen and oxygen atoms in total. The minimum atomic E-state index is -0.241. The first-order valence-corrected chi connectivity index (χ1v) is 11.3. The van der Waals surface area contributed by atoms with Gasteiger partial charge in [0.25, 0.3) is 0 Å². The van der Waals surface area contributed by atoms with E-state index in [1.54, 1.807) is 11.1 Å². The van der Waals surface area contributed by atoms with E-state index in [4.69, 9.17) is 4.98 Å². The number of amides is 3. The summed E-state index contributed by atoms with van der Waals surface area (Å²) in [5, 5.41) is 5.47. The molecule has 0 aliphatic carbocycles. The van der Waals surface area contributed by atoms with E-state index in [1.165, 1.54) is 0 Å². The van der Waals surface area contributed by atoms with Crippen molar-refractivity contribution in [3.05, 3.63) is 41.7 Å². The monoisotopic (exact) mass is 441 g/mol. The summed E-state index contributed by atoms with van der Waals surface area (Å²) in [7, 11) is 0.